The Labute approximate surface area is 155 Å². The number of rotatable bonds is 16. The van der Waals surface area contributed by atoms with E-state index in [4.69, 9.17) is 0 Å². The molecular weight excluding hydrogens is 310 g/mol. The summed E-state index contributed by atoms with van der Waals surface area (Å²) in [5.41, 5.74) is 0. The van der Waals surface area contributed by atoms with Gasteiger partial charge in [0.05, 0.1) is 12.3 Å². The van der Waals surface area contributed by atoms with Crippen molar-refractivity contribution in [3.05, 3.63) is 63.3 Å². The van der Waals surface area contributed by atoms with Gasteiger partial charge >= 0.3 is 0 Å². The van der Waals surface area contributed by atoms with Gasteiger partial charge in [-0.15, -0.1) is 26.3 Å². The maximum Gasteiger partial charge on any atom is 0.128 e. The lowest BCUT2D eigenvalue weighted by molar-refractivity contribution is -0.115. The molecule has 0 saturated carbocycles. The average Bonchev–Trinajstić information content (AvgIpc) is 2.61. The molecule has 1 N–H and O–H groups in total. The van der Waals surface area contributed by atoms with E-state index >= 15 is 0 Å². The first kappa shape index (κ1) is 23.5. The number of hydrogen-bond acceptors (Lipinski definition) is 4. The van der Waals surface area contributed by atoms with E-state index in [1.54, 1.807) is 6.08 Å². The van der Waals surface area contributed by atoms with E-state index in [2.05, 4.69) is 61.4 Å². The Morgan fingerprint density at radius 2 is 1.04 bits per heavy atom. The maximum atomic E-state index is 10.7. The quantitative estimate of drug-likeness (QED) is 0.341. The summed E-state index contributed by atoms with van der Waals surface area (Å²) in [6, 6.07) is 0. The van der Waals surface area contributed by atoms with E-state index in [0.717, 1.165) is 39.0 Å². The van der Waals surface area contributed by atoms with E-state index in [0.29, 0.717) is 0 Å². The molecule has 0 aromatic carbocycles. The fraction of sp³-hybridized carbons (Fsp3) is 0.524. The molecule has 0 rings (SSSR count). The minimum atomic E-state index is -0.746. The molecule has 0 aromatic rings. The van der Waals surface area contributed by atoms with Crippen LogP contribution in [0.1, 0.15) is 26.7 Å². The highest BCUT2D eigenvalue weighted by Gasteiger charge is 2.34. The van der Waals surface area contributed by atoms with Gasteiger partial charge in [-0.1, -0.05) is 44.7 Å². The predicted molar refractivity (Wildman–Crippen MR) is 110 cm³/mol. The smallest absolute Gasteiger partial charge is 0.128 e. The molecule has 4 heteroatoms. The average molecular weight is 348 g/mol. The van der Waals surface area contributed by atoms with Crippen LogP contribution in [0.3, 0.4) is 0 Å². The van der Waals surface area contributed by atoms with Gasteiger partial charge in [0.1, 0.15) is 6.23 Å². The van der Waals surface area contributed by atoms with Gasteiger partial charge in [0.15, 0.2) is 0 Å². The fourth-order valence-corrected chi connectivity index (χ4v) is 3.29. The van der Waals surface area contributed by atoms with Gasteiger partial charge in [-0.3, -0.25) is 9.80 Å². The van der Waals surface area contributed by atoms with E-state index in [1.807, 2.05) is 24.3 Å². The topological polar surface area (TPSA) is 30.0 Å². The molecule has 0 spiro atoms. The van der Waals surface area contributed by atoms with Gasteiger partial charge in [0.25, 0.3) is 0 Å². The standard InChI is InChI=1S/C21H37N3O/c1-8-15-22(16-9-2)19(12-5)24(21(25)14-7)20(13-6)23(17-10-3)18-11-4/h8-11,14,19-21,25H,1-4,7,12-13,15-18H2,5-6H3. The summed E-state index contributed by atoms with van der Waals surface area (Å²) in [5, 5.41) is 10.7. The second kappa shape index (κ2) is 13.8. The Bertz CT molecular complexity index is 369. The lowest BCUT2D eigenvalue weighted by atomic mass is 10.1. The van der Waals surface area contributed by atoms with Crippen LogP contribution in [-0.2, 0) is 0 Å². The molecule has 0 radical (unpaired) electrons. The van der Waals surface area contributed by atoms with Gasteiger partial charge in [-0.2, -0.15) is 0 Å². The SMILES string of the molecule is C=CCN(CC=C)C(CC)N(C(O)C=C)C(CC)N(CC=C)CC=C. The fourth-order valence-electron chi connectivity index (χ4n) is 3.29. The van der Waals surface area contributed by atoms with Gasteiger partial charge in [0, 0.05) is 26.2 Å². The van der Waals surface area contributed by atoms with Crippen molar-refractivity contribution in [1.82, 2.24) is 14.7 Å². The van der Waals surface area contributed by atoms with Crippen LogP contribution in [0, 0.1) is 0 Å². The third-order valence-electron chi connectivity index (χ3n) is 4.23. The van der Waals surface area contributed by atoms with Crippen LogP contribution in [0.2, 0.25) is 0 Å². The molecule has 0 amide bonds. The molecule has 0 aliphatic rings. The first-order valence-corrected chi connectivity index (χ1v) is 9.05. The number of hydrogen-bond donors (Lipinski definition) is 1. The van der Waals surface area contributed by atoms with Gasteiger partial charge in [-0.05, 0) is 18.9 Å². The summed E-state index contributed by atoms with van der Waals surface area (Å²) in [7, 11) is 0. The van der Waals surface area contributed by atoms with Crippen molar-refractivity contribution < 1.29 is 5.11 Å². The molecule has 3 atom stereocenters. The zero-order chi connectivity index (χ0) is 19.2. The Morgan fingerprint density at radius 3 is 1.24 bits per heavy atom. The largest absolute Gasteiger partial charge is 0.375 e. The molecule has 4 nitrogen and oxygen atoms in total. The lowest BCUT2D eigenvalue weighted by Gasteiger charge is -2.47. The summed E-state index contributed by atoms with van der Waals surface area (Å²) in [6.45, 7) is 26.4. The van der Waals surface area contributed by atoms with Crippen molar-refractivity contribution in [2.45, 2.75) is 45.2 Å². The summed E-state index contributed by atoms with van der Waals surface area (Å²) in [4.78, 5) is 6.64. The highest BCUT2D eigenvalue weighted by molar-refractivity contribution is 4.93. The number of aliphatic hydroxyl groups excluding tert-OH is 1. The zero-order valence-corrected chi connectivity index (χ0v) is 16.2. The van der Waals surface area contributed by atoms with E-state index in [1.165, 1.54) is 0 Å². The second-order valence-electron chi connectivity index (χ2n) is 5.94. The van der Waals surface area contributed by atoms with Crippen LogP contribution in [-0.4, -0.2) is 64.5 Å². The summed E-state index contributed by atoms with van der Waals surface area (Å²) in [6.07, 6.45) is 10.2. The summed E-state index contributed by atoms with van der Waals surface area (Å²) < 4.78 is 0. The van der Waals surface area contributed by atoms with E-state index in [9.17, 15) is 5.11 Å². The molecular formula is C21H37N3O. The van der Waals surface area contributed by atoms with Crippen molar-refractivity contribution in [3.63, 3.8) is 0 Å². The number of aliphatic hydroxyl groups is 1. The third-order valence-corrected chi connectivity index (χ3v) is 4.23. The molecule has 0 saturated heterocycles. The van der Waals surface area contributed by atoms with Crippen molar-refractivity contribution >= 4 is 0 Å². The van der Waals surface area contributed by atoms with Crippen molar-refractivity contribution in [2.24, 2.45) is 0 Å². The first-order chi connectivity index (χ1) is 12.1. The van der Waals surface area contributed by atoms with Crippen LogP contribution < -0.4 is 0 Å². The molecule has 142 valence electrons. The van der Waals surface area contributed by atoms with Crippen molar-refractivity contribution in [3.8, 4) is 0 Å². The van der Waals surface area contributed by atoms with Crippen LogP contribution in [0.15, 0.2) is 63.3 Å². The highest BCUT2D eigenvalue weighted by atomic mass is 16.3. The Balaban J connectivity index is 5.89. The minimum Gasteiger partial charge on any atom is -0.375 e. The molecule has 0 aliphatic heterocycles. The molecule has 3 unspecified atom stereocenters. The van der Waals surface area contributed by atoms with Crippen molar-refractivity contribution in [1.29, 1.82) is 0 Å². The van der Waals surface area contributed by atoms with Crippen LogP contribution in [0.4, 0.5) is 0 Å². The summed E-state index contributed by atoms with van der Waals surface area (Å²) >= 11 is 0. The van der Waals surface area contributed by atoms with Crippen LogP contribution in [0.25, 0.3) is 0 Å². The Hall–Kier alpha value is -1.46. The molecule has 0 aliphatic carbocycles. The van der Waals surface area contributed by atoms with Gasteiger partial charge < -0.3 is 5.11 Å². The minimum absolute atomic E-state index is 0.0334. The second-order valence-corrected chi connectivity index (χ2v) is 5.94. The lowest BCUT2D eigenvalue weighted by Crippen LogP contribution is -2.60. The van der Waals surface area contributed by atoms with Crippen LogP contribution >= 0.6 is 0 Å². The van der Waals surface area contributed by atoms with Crippen molar-refractivity contribution in [2.75, 3.05) is 26.2 Å². The predicted octanol–water partition coefficient (Wildman–Crippen LogP) is 3.61. The van der Waals surface area contributed by atoms with Crippen LogP contribution in [0.5, 0.6) is 0 Å². The monoisotopic (exact) mass is 347 g/mol. The normalized spacial score (nSPS) is 15.0. The zero-order valence-electron chi connectivity index (χ0n) is 16.2. The van der Waals surface area contributed by atoms with Gasteiger partial charge in [0.2, 0.25) is 0 Å². The Morgan fingerprint density at radius 1 is 0.720 bits per heavy atom. The van der Waals surface area contributed by atoms with Gasteiger partial charge in [-0.25, -0.2) is 4.90 Å². The molecule has 0 bridgehead atoms. The number of nitrogens with zero attached hydrogens (tertiary/aromatic N) is 3. The molecule has 0 fully saturated rings. The molecule has 0 heterocycles. The highest BCUT2D eigenvalue weighted by Crippen LogP contribution is 2.22. The first-order valence-electron chi connectivity index (χ1n) is 9.05. The maximum absolute atomic E-state index is 10.7. The molecule has 0 aromatic heterocycles. The summed E-state index contributed by atoms with van der Waals surface area (Å²) in [5.74, 6) is 0. The Kier molecular flexibility index (Phi) is 13.0. The van der Waals surface area contributed by atoms with E-state index < -0.39 is 6.23 Å². The third kappa shape index (κ3) is 7.12. The molecule has 25 heavy (non-hydrogen) atoms. The van der Waals surface area contributed by atoms with E-state index in [-0.39, 0.29) is 12.3 Å².